The Morgan fingerprint density at radius 2 is 2.07 bits per heavy atom. The van der Waals surface area contributed by atoms with Gasteiger partial charge in [0.15, 0.2) is 5.82 Å². The maximum Gasteiger partial charge on any atom is 0.172 e. The van der Waals surface area contributed by atoms with Crippen molar-refractivity contribution in [2.45, 2.75) is 19.4 Å². The molecule has 1 fully saturated rings. The van der Waals surface area contributed by atoms with Crippen LogP contribution in [-0.2, 0) is 6.54 Å². The number of hydrogen-bond donors (Lipinski definition) is 0. The molecule has 0 N–H and O–H groups in total. The first-order valence-electron chi connectivity index (χ1n) is 9.25. The highest BCUT2D eigenvalue weighted by Crippen LogP contribution is 2.32. The fourth-order valence-electron chi connectivity index (χ4n) is 3.81. The third-order valence-electron chi connectivity index (χ3n) is 5.06. The van der Waals surface area contributed by atoms with Gasteiger partial charge in [0.05, 0.1) is 10.4 Å². The molecule has 1 aliphatic rings. The predicted octanol–water partition coefficient (Wildman–Crippen LogP) is 3.87. The van der Waals surface area contributed by atoms with E-state index in [9.17, 15) is 0 Å². The van der Waals surface area contributed by atoms with Gasteiger partial charge in [-0.1, -0.05) is 18.2 Å². The summed E-state index contributed by atoms with van der Waals surface area (Å²) in [5.74, 6) is 2.41. The Bertz CT molecular complexity index is 1030. The largest absolute Gasteiger partial charge is 0.356 e. The predicted molar refractivity (Wildman–Crippen MR) is 108 cm³/mol. The van der Waals surface area contributed by atoms with Gasteiger partial charge in [0.1, 0.15) is 18.5 Å². The van der Waals surface area contributed by atoms with Gasteiger partial charge in [-0.05, 0) is 42.3 Å². The lowest BCUT2D eigenvalue weighted by molar-refractivity contribution is 0.351. The van der Waals surface area contributed by atoms with Crippen LogP contribution in [0, 0.1) is 5.92 Å². The fraction of sp³-hybridized carbons (Fsp3) is 0.300. The molecule has 1 aromatic carbocycles. The van der Waals surface area contributed by atoms with Gasteiger partial charge in [-0.2, -0.15) is 5.10 Å². The summed E-state index contributed by atoms with van der Waals surface area (Å²) in [6.45, 7) is 2.90. The molecule has 0 spiro atoms. The summed E-state index contributed by atoms with van der Waals surface area (Å²) in [6, 6.07) is 12.5. The Morgan fingerprint density at radius 1 is 1.11 bits per heavy atom. The first-order valence-corrected chi connectivity index (χ1v) is 10.1. The molecule has 4 aromatic rings. The number of thiophene rings is 1. The van der Waals surface area contributed by atoms with Crippen LogP contribution < -0.4 is 4.90 Å². The van der Waals surface area contributed by atoms with Gasteiger partial charge in [0.2, 0.25) is 0 Å². The minimum Gasteiger partial charge on any atom is -0.356 e. The van der Waals surface area contributed by atoms with Crippen molar-refractivity contribution in [3.8, 4) is 10.7 Å². The van der Waals surface area contributed by atoms with Crippen LogP contribution in [0.25, 0.3) is 21.6 Å². The van der Waals surface area contributed by atoms with Crippen LogP contribution in [0.15, 0.2) is 54.4 Å². The Labute approximate surface area is 161 Å². The Kier molecular flexibility index (Phi) is 4.29. The lowest BCUT2D eigenvalue weighted by Gasteiger charge is -2.34. The number of nitrogens with zero attached hydrogens (tertiary/aromatic N) is 6. The van der Waals surface area contributed by atoms with Crippen molar-refractivity contribution in [2.75, 3.05) is 18.0 Å². The number of anilines is 1. The lowest BCUT2D eigenvalue weighted by atomic mass is 9.97. The minimum absolute atomic E-state index is 0.541. The summed E-state index contributed by atoms with van der Waals surface area (Å²) in [5.41, 5.74) is 1.00. The van der Waals surface area contributed by atoms with E-state index in [1.807, 2.05) is 16.8 Å². The monoisotopic (exact) mass is 376 g/mol. The molecule has 0 radical (unpaired) electrons. The van der Waals surface area contributed by atoms with E-state index < -0.39 is 0 Å². The highest BCUT2D eigenvalue weighted by atomic mass is 32.1. The van der Waals surface area contributed by atoms with Crippen LogP contribution >= 0.6 is 11.3 Å². The number of hydrogen-bond acceptors (Lipinski definition) is 6. The van der Waals surface area contributed by atoms with Crippen molar-refractivity contribution in [1.82, 2.24) is 24.7 Å². The highest BCUT2D eigenvalue weighted by molar-refractivity contribution is 7.13. The molecule has 6 nitrogen and oxygen atoms in total. The Balaban J connectivity index is 1.51. The third-order valence-corrected chi connectivity index (χ3v) is 5.92. The molecular weight excluding hydrogens is 356 g/mol. The molecule has 0 saturated carbocycles. The number of piperidine rings is 1. The maximum atomic E-state index is 4.99. The molecule has 5 rings (SSSR count). The standard InChI is InChI=1S/C20H20N6S/c1-2-7-17-16(6-1)20(24-19(23-17)18-8-4-10-27-18)25-9-3-5-15(11-25)12-26-14-21-13-22-26/h1-2,4,6-8,10,13-15H,3,5,9,11-12H2. The van der Waals surface area contributed by atoms with Crippen molar-refractivity contribution in [2.24, 2.45) is 5.92 Å². The molecule has 1 atom stereocenters. The molecule has 1 saturated heterocycles. The van der Waals surface area contributed by atoms with Crippen LogP contribution in [0.3, 0.4) is 0 Å². The number of para-hydroxylation sites is 1. The van der Waals surface area contributed by atoms with Crippen LogP contribution in [0.2, 0.25) is 0 Å². The highest BCUT2D eigenvalue weighted by Gasteiger charge is 2.24. The molecule has 0 bridgehead atoms. The molecule has 1 aliphatic heterocycles. The van der Waals surface area contributed by atoms with Crippen LogP contribution in [-0.4, -0.2) is 37.8 Å². The summed E-state index contributed by atoms with van der Waals surface area (Å²) < 4.78 is 1.93. The summed E-state index contributed by atoms with van der Waals surface area (Å²) >= 11 is 1.68. The van der Waals surface area contributed by atoms with Crippen molar-refractivity contribution in [3.63, 3.8) is 0 Å². The SMILES string of the molecule is c1csc(-c2nc(N3CCCC(Cn4cncn4)C3)c3ccccc3n2)c1. The Morgan fingerprint density at radius 3 is 2.93 bits per heavy atom. The summed E-state index contributed by atoms with van der Waals surface area (Å²) in [6.07, 6.45) is 5.77. The molecule has 136 valence electrons. The van der Waals surface area contributed by atoms with E-state index in [0.717, 1.165) is 53.5 Å². The summed E-state index contributed by atoms with van der Waals surface area (Å²) in [4.78, 5) is 17.4. The number of benzene rings is 1. The van der Waals surface area contributed by atoms with Gasteiger partial charge in [0.25, 0.3) is 0 Å². The van der Waals surface area contributed by atoms with Gasteiger partial charge in [-0.15, -0.1) is 11.3 Å². The second kappa shape index (κ2) is 7.08. The van der Waals surface area contributed by atoms with E-state index in [0.29, 0.717) is 5.92 Å². The van der Waals surface area contributed by atoms with Gasteiger partial charge in [-0.25, -0.2) is 15.0 Å². The van der Waals surface area contributed by atoms with E-state index in [1.165, 1.54) is 6.42 Å². The van der Waals surface area contributed by atoms with Gasteiger partial charge >= 0.3 is 0 Å². The van der Waals surface area contributed by atoms with Crippen LogP contribution in [0.1, 0.15) is 12.8 Å². The number of fused-ring (bicyclic) bond motifs is 1. The minimum atomic E-state index is 0.541. The quantitative estimate of drug-likeness (QED) is 0.541. The zero-order chi connectivity index (χ0) is 18.1. The average molecular weight is 376 g/mol. The third kappa shape index (κ3) is 3.30. The van der Waals surface area contributed by atoms with E-state index >= 15 is 0 Å². The summed E-state index contributed by atoms with van der Waals surface area (Å²) in [5, 5.41) is 7.47. The first-order chi connectivity index (χ1) is 13.4. The van der Waals surface area contributed by atoms with Gasteiger partial charge in [-0.3, -0.25) is 4.68 Å². The second-order valence-corrected chi connectivity index (χ2v) is 7.88. The number of aromatic nitrogens is 5. The number of rotatable bonds is 4. The average Bonchev–Trinajstić information content (AvgIpc) is 3.41. The van der Waals surface area contributed by atoms with E-state index in [1.54, 1.807) is 24.0 Å². The topological polar surface area (TPSA) is 59.7 Å². The zero-order valence-corrected chi connectivity index (χ0v) is 15.7. The second-order valence-electron chi connectivity index (χ2n) is 6.94. The summed E-state index contributed by atoms with van der Waals surface area (Å²) in [7, 11) is 0. The molecule has 0 aliphatic carbocycles. The normalized spacial score (nSPS) is 17.5. The molecular formula is C20H20N6S. The van der Waals surface area contributed by atoms with Gasteiger partial charge < -0.3 is 4.90 Å². The first kappa shape index (κ1) is 16.4. The van der Waals surface area contributed by atoms with Crippen molar-refractivity contribution in [3.05, 3.63) is 54.4 Å². The maximum absolute atomic E-state index is 4.99. The molecule has 1 unspecified atom stereocenters. The zero-order valence-electron chi connectivity index (χ0n) is 14.9. The molecule has 0 amide bonds. The van der Waals surface area contributed by atoms with Gasteiger partial charge in [0, 0.05) is 25.0 Å². The van der Waals surface area contributed by atoms with E-state index in [4.69, 9.17) is 9.97 Å². The van der Waals surface area contributed by atoms with Crippen molar-refractivity contribution < 1.29 is 0 Å². The molecule has 4 heterocycles. The Hall–Kier alpha value is -2.80. The van der Waals surface area contributed by atoms with Crippen molar-refractivity contribution in [1.29, 1.82) is 0 Å². The van der Waals surface area contributed by atoms with Crippen LogP contribution in [0.5, 0.6) is 0 Å². The molecule has 7 heteroatoms. The molecule has 27 heavy (non-hydrogen) atoms. The van der Waals surface area contributed by atoms with E-state index in [-0.39, 0.29) is 0 Å². The van der Waals surface area contributed by atoms with E-state index in [2.05, 4.69) is 44.6 Å². The lowest BCUT2D eigenvalue weighted by Crippen LogP contribution is -2.38. The molecule has 3 aromatic heterocycles. The van der Waals surface area contributed by atoms with Crippen LogP contribution in [0.4, 0.5) is 5.82 Å². The smallest absolute Gasteiger partial charge is 0.172 e. The fourth-order valence-corrected chi connectivity index (χ4v) is 4.47. The van der Waals surface area contributed by atoms with Crippen molar-refractivity contribution >= 4 is 28.1 Å².